The molecule has 4 heteroatoms. The van der Waals surface area contributed by atoms with Crippen LogP contribution in [0.15, 0.2) is 16.6 Å². The van der Waals surface area contributed by atoms with E-state index in [4.69, 9.17) is 9.47 Å². The molecule has 0 saturated carbocycles. The van der Waals surface area contributed by atoms with Crippen molar-refractivity contribution in [3.63, 3.8) is 0 Å². The highest BCUT2D eigenvalue weighted by atomic mass is 79.9. The Kier molecular flexibility index (Phi) is 6.14. The van der Waals surface area contributed by atoms with E-state index in [1.165, 1.54) is 5.56 Å². The molecule has 1 aromatic rings. The van der Waals surface area contributed by atoms with Gasteiger partial charge < -0.3 is 14.8 Å². The minimum absolute atomic E-state index is 0.363. The Labute approximate surface area is 124 Å². The molecule has 108 valence electrons. The lowest BCUT2D eigenvalue weighted by molar-refractivity contribution is 0.353. The van der Waals surface area contributed by atoms with E-state index in [9.17, 15) is 0 Å². The first-order valence-electron chi connectivity index (χ1n) is 6.48. The van der Waals surface area contributed by atoms with Crippen molar-refractivity contribution in [2.45, 2.75) is 33.7 Å². The zero-order valence-electron chi connectivity index (χ0n) is 12.5. The molecule has 0 amide bonds. The highest BCUT2D eigenvalue weighted by Gasteiger charge is 2.11. The molecule has 0 radical (unpaired) electrons. The Morgan fingerprint density at radius 2 is 1.68 bits per heavy atom. The maximum Gasteiger partial charge on any atom is 0.161 e. The maximum atomic E-state index is 5.32. The third kappa shape index (κ3) is 5.41. The third-order valence-electron chi connectivity index (χ3n) is 2.92. The molecule has 0 aliphatic heterocycles. The van der Waals surface area contributed by atoms with Crippen molar-refractivity contribution < 1.29 is 9.47 Å². The van der Waals surface area contributed by atoms with E-state index in [0.29, 0.717) is 5.41 Å². The van der Waals surface area contributed by atoms with Crippen LogP contribution in [0.1, 0.15) is 32.8 Å². The Hall–Kier alpha value is -0.740. The molecule has 0 fully saturated rings. The van der Waals surface area contributed by atoms with Gasteiger partial charge in [-0.15, -0.1) is 0 Å². The lowest BCUT2D eigenvalue weighted by atomic mass is 9.92. The molecule has 0 saturated heterocycles. The van der Waals surface area contributed by atoms with Gasteiger partial charge >= 0.3 is 0 Å². The normalized spacial score (nSPS) is 11.5. The number of hydrogen-bond donors (Lipinski definition) is 1. The minimum atomic E-state index is 0.363. The average Bonchev–Trinajstić information content (AvgIpc) is 2.34. The van der Waals surface area contributed by atoms with Crippen LogP contribution in [0.5, 0.6) is 11.5 Å². The molecule has 3 nitrogen and oxygen atoms in total. The zero-order valence-corrected chi connectivity index (χ0v) is 14.1. The summed E-state index contributed by atoms with van der Waals surface area (Å²) in [5.41, 5.74) is 1.54. The van der Waals surface area contributed by atoms with Gasteiger partial charge in [0.1, 0.15) is 0 Å². The summed E-state index contributed by atoms with van der Waals surface area (Å²) in [5.74, 6) is 1.51. The molecule has 0 atom stereocenters. The van der Waals surface area contributed by atoms with Crippen molar-refractivity contribution in [1.82, 2.24) is 5.32 Å². The fourth-order valence-electron chi connectivity index (χ4n) is 1.72. The summed E-state index contributed by atoms with van der Waals surface area (Å²) in [6.45, 7) is 8.57. The van der Waals surface area contributed by atoms with E-state index in [1.807, 2.05) is 12.1 Å². The summed E-state index contributed by atoms with van der Waals surface area (Å²) < 4.78 is 11.6. The predicted octanol–water partition coefficient (Wildman–Crippen LogP) is 3.99. The standard InChI is InChI=1S/C15H24BrNO2/c1-15(2,3)6-7-17-10-11-8-13(18-4)14(19-5)9-12(11)16/h8-9,17H,6-7,10H2,1-5H3. The van der Waals surface area contributed by atoms with Gasteiger partial charge in [0.2, 0.25) is 0 Å². The minimum Gasteiger partial charge on any atom is -0.493 e. The molecular formula is C15H24BrNO2. The highest BCUT2D eigenvalue weighted by molar-refractivity contribution is 9.10. The molecule has 0 aliphatic carbocycles. The monoisotopic (exact) mass is 329 g/mol. The van der Waals surface area contributed by atoms with E-state index in [1.54, 1.807) is 14.2 Å². The molecule has 0 heterocycles. The van der Waals surface area contributed by atoms with Gasteiger partial charge in [0.15, 0.2) is 11.5 Å². The number of ether oxygens (including phenoxy) is 2. The molecule has 1 aromatic carbocycles. The summed E-state index contributed by atoms with van der Waals surface area (Å²) in [7, 11) is 3.30. The second-order valence-electron chi connectivity index (χ2n) is 5.79. The Bertz CT molecular complexity index is 413. The van der Waals surface area contributed by atoms with Gasteiger partial charge in [0.25, 0.3) is 0 Å². The first-order chi connectivity index (χ1) is 8.87. The lowest BCUT2D eigenvalue weighted by Crippen LogP contribution is -2.20. The fraction of sp³-hybridized carbons (Fsp3) is 0.600. The summed E-state index contributed by atoms with van der Waals surface area (Å²) in [5, 5.41) is 3.46. The number of hydrogen-bond acceptors (Lipinski definition) is 3. The maximum absolute atomic E-state index is 5.32. The summed E-state index contributed by atoms with van der Waals surface area (Å²) in [4.78, 5) is 0. The Morgan fingerprint density at radius 3 is 2.21 bits per heavy atom. The second-order valence-corrected chi connectivity index (χ2v) is 6.64. The van der Waals surface area contributed by atoms with Crippen molar-refractivity contribution in [2.75, 3.05) is 20.8 Å². The van der Waals surface area contributed by atoms with Crippen LogP contribution in [0.4, 0.5) is 0 Å². The largest absolute Gasteiger partial charge is 0.493 e. The topological polar surface area (TPSA) is 30.5 Å². The van der Waals surface area contributed by atoms with Crippen LogP contribution in [0, 0.1) is 5.41 Å². The molecule has 0 aromatic heterocycles. The van der Waals surface area contributed by atoms with Gasteiger partial charge in [-0.3, -0.25) is 0 Å². The smallest absolute Gasteiger partial charge is 0.161 e. The van der Waals surface area contributed by atoms with Crippen LogP contribution in [0.3, 0.4) is 0 Å². The number of methoxy groups -OCH3 is 2. The first kappa shape index (κ1) is 16.3. The summed E-state index contributed by atoms with van der Waals surface area (Å²) in [6, 6.07) is 3.95. The van der Waals surface area contributed by atoms with Crippen LogP contribution in [-0.4, -0.2) is 20.8 Å². The van der Waals surface area contributed by atoms with Gasteiger partial charge in [-0.2, -0.15) is 0 Å². The van der Waals surface area contributed by atoms with Crippen molar-refractivity contribution in [1.29, 1.82) is 0 Å². The number of rotatable bonds is 6. The van der Waals surface area contributed by atoms with E-state index in [2.05, 4.69) is 42.0 Å². The number of halogens is 1. The summed E-state index contributed by atoms with van der Waals surface area (Å²) >= 11 is 3.57. The predicted molar refractivity (Wildman–Crippen MR) is 83.0 cm³/mol. The zero-order chi connectivity index (χ0) is 14.5. The highest BCUT2D eigenvalue weighted by Crippen LogP contribution is 2.33. The first-order valence-corrected chi connectivity index (χ1v) is 7.28. The lowest BCUT2D eigenvalue weighted by Gasteiger charge is -2.18. The molecule has 0 bridgehead atoms. The van der Waals surface area contributed by atoms with Gasteiger partial charge in [0.05, 0.1) is 14.2 Å². The van der Waals surface area contributed by atoms with Crippen LogP contribution >= 0.6 is 15.9 Å². The quantitative estimate of drug-likeness (QED) is 0.800. The molecule has 19 heavy (non-hydrogen) atoms. The average molecular weight is 330 g/mol. The second kappa shape index (κ2) is 7.15. The molecule has 0 spiro atoms. The van der Waals surface area contributed by atoms with Crippen molar-refractivity contribution >= 4 is 15.9 Å². The van der Waals surface area contributed by atoms with Gasteiger partial charge in [-0.05, 0) is 36.1 Å². The van der Waals surface area contributed by atoms with E-state index < -0.39 is 0 Å². The van der Waals surface area contributed by atoms with Gasteiger partial charge in [0, 0.05) is 11.0 Å². The van der Waals surface area contributed by atoms with Gasteiger partial charge in [-0.1, -0.05) is 36.7 Å². The van der Waals surface area contributed by atoms with Gasteiger partial charge in [-0.25, -0.2) is 0 Å². The molecule has 0 unspecified atom stereocenters. The van der Waals surface area contributed by atoms with Crippen LogP contribution < -0.4 is 14.8 Å². The van der Waals surface area contributed by atoms with Crippen LogP contribution in [0.25, 0.3) is 0 Å². The van der Waals surface area contributed by atoms with Crippen LogP contribution in [-0.2, 0) is 6.54 Å². The molecule has 1 rings (SSSR count). The molecule has 1 N–H and O–H groups in total. The van der Waals surface area contributed by atoms with E-state index in [-0.39, 0.29) is 0 Å². The van der Waals surface area contributed by atoms with Crippen LogP contribution in [0.2, 0.25) is 0 Å². The SMILES string of the molecule is COc1cc(Br)c(CNCCC(C)(C)C)cc1OC. The van der Waals surface area contributed by atoms with Crippen molar-refractivity contribution in [2.24, 2.45) is 5.41 Å². The molecular weight excluding hydrogens is 306 g/mol. The Morgan fingerprint density at radius 1 is 1.11 bits per heavy atom. The summed E-state index contributed by atoms with van der Waals surface area (Å²) in [6.07, 6.45) is 1.15. The Balaban J connectivity index is 2.63. The number of nitrogens with one attached hydrogen (secondary N) is 1. The number of benzene rings is 1. The fourth-order valence-corrected chi connectivity index (χ4v) is 2.18. The van der Waals surface area contributed by atoms with E-state index in [0.717, 1.165) is 35.5 Å². The molecule has 0 aliphatic rings. The van der Waals surface area contributed by atoms with E-state index >= 15 is 0 Å². The third-order valence-corrected chi connectivity index (χ3v) is 3.66. The van der Waals surface area contributed by atoms with Crippen molar-refractivity contribution in [3.8, 4) is 11.5 Å². The van der Waals surface area contributed by atoms with Crippen molar-refractivity contribution in [3.05, 3.63) is 22.2 Å².